The van der Waals surface area contributed by atoms with E-state index in [4.69, 9.17) is 4.74 Å². The number of carbonyl (C=O) groups excluding carboxylic acids is 1. The summed E-state index contributed by atoms with van der Waals surface area (Å²) in [6.45, 7) is 2.41. The Labute approximate surface area is 118 Å². The van der Waals surface area contributed by atoms with Gasteiger partial charge in [-0.1, -0.05) is 12.1 Å². The Balaban J connectivity index is 1.57. The number of fused-ring (bicyclic) bond motifs is 1. The molecule has 1 aliphatic heterocycles. The molecule has 2 aliphatic rings. The van der Waals surface area contributed by atoms with Crippen LogP contribution in [0.5, 0.6) is 0 Å². The monoisotopic (exact) mass is 277 g/mol. The highest BCUT2D eigenvalue weighted by Gasteiger charge is 2.35. The van der Waals surface area contributed by atoms with Crippen LogP contribution in [-0.4, -0.2) is 42.5 Å². The maximum absolute atomic E-state index is 13.1. The number of halogens is 1. The number of nitrogens with zero attached hydrogens (tertiary/aromatic N) is 1. The normalized spacial score (nSPS) is 26.4. The zero-order chi connectivity index (χ0) is 13.9. The van der Waals surface area contributed by atoms with Crippen molar-refractivity contribution in [3.63, 3.8) is 0 Å². The quantitative estimate of drug-likeness (QED) is 0.792. The summed E-state index contributed by atoms with van der Waals surface area (Å²) in [5, 5.41) is 0. The summed E-state index contributed by atoms with van der Waals surface area (Å²) in [4.78, 5) is 14.5. The summed E-state index contributed by atoms with van der Waals surface area (Å²) >= 11 is 0. The van der Waals surface area contributed by atoms with Gasteiger partial charge in [0.1, 0.15) is 5.82 Å². The number of Topliss-reactive ketones (excluding diaryl/α,β-unsaturated/α-hetero) is 1. The number of carbonyl (C=O) groups is 1. The van der Waals surface area contributed by atoms with Gasteiger partial charge in [0.2, 0.25) is 0 Å². The number of hydrogen-bond acceptors (Lipinski definition) is 3. The molecule has 0 aromatic heterocycles. The Morgan fingerprint density at radius 3 is 3.15 bits per heavy atom. The maximum Gasteiger partial charge on any atom is 0.164 e. The molecule has 3 rings (SSSR count). The highest BCUT2D eigenvalue weighted by atomic mass is 19.1. The average Bonchev–Trinajstić information content (AvgIpc) is 2.93. The van der Waals surface area contributed by atoms with Gasteiger partial charge in [-0.05, 0) is 31.4 Å². The highest BCUT2D eigenvalue weighted by Crippen LogP contribution is 2.29. The molecule has 0 bridgehead atoms. The predicted octanol–water partition coefficient (Wildman–Crippen LogP) is 2.65. The van der Waals surface area contributed by atoms with Gasteiger partial charge in [-0.25, -0.2) is 4.39 Å². The molecule has 20 heavy (non-hydrogen) atoms. The van der Waals surface area contributed by atoms with E-state index < -0.39 is 0 Å². The van der Waals surface area contributed by atoms with Crippen LogP contribution < -0.4 is 0 Å². The first-order chi connectivity index (χ1) is 9.74. The summed E-state index contributed by atoms with van der Waals surface area (Å²) in [6, 6.07) is 6.43. The Morgan fingerprint density at radius 2 is 2.30 bits per heavy atom. The number of morpholine rings is 1. The van der Waals surface area contributed by atoms with E-state index in [1.54, 1.807) is 12.1 Å². The zero-order valence-corrected chi connectivity index (χ0v) is 11.6. The third-order valence-corrected chi connectivity index (χ3v) is 4.37. The standard InChI is InChI=1S/C16H20FNO2/c17-13-4-1-3-12(11-13)15(19)7-8-18-9-10-20-16-6-2-5-14(16)18/h1,3-4,11,14,16H,2,5-10H2. The molecule has 0 spiro atoms. The number of benzene rings is 1. The van der Waals surface area contributed by atoms with Gasteiger partial charge in [0.05, 0.1) is 12.7 Å². The minimum absolute atomic E-state index is 0.0190. The van der Waals surface area contributed by atoms with Crippen LogP contribution in [0.2, 0.25) is 0 Å². The van der Waals surface area contributed by atoms with Crippen molar-refractivity contribution < 1.29 is 13.9 Å². The third kappa shape index (κ3) is 2.91. The highest BCUT2D eigenvalue weighted by molar-refractivity contribution is 5.96. The molecule has 1 saturated carbocycles. The Bertz CT molecular complexity index is 491. The molecule has 1 aliphatic carbocycles. The number of ether oxygens (including phenoxy) is 1. The van der Waals surface area contributed by atoms with Gasteiger partial charge in [0.15, 0.2) is 5.78 Å². The summed E-state index contributed by atoms with van der Waals surface area (Å²) in [5.41, 5.74) is 0.473. The predicted molar refractivity (Wildman–Crippen MR) is 74.3 cm³/mol. The lowest BCUT2D eigenvalue weighted by molar-refractivity contribution is -0.0550. The second-order valence-electron chi connectivity index (χ2n) is 5.63. The molecule has 1 saturated heterocycles. The van der Waals surface area contributed by atoms with E-state index in [1.807, 2.05) is 0 Å². The first-order valence-corrected chi connectivity index (χ1v) is 7.38. The minimum Gasteiger partial charge on any atom is -0.375 e. The molecule has 0 amide bonds. The van der Waals surface area contributed by atoms with Crippen molar-refractivity contribution >= 4 is 5.78 Å². The van der Waals surface area contributed by atoms with Crippen molar-refractivity contribution in [2.45, 2.75) is 37.8 Å². The van der Waals surface area contributed by atoms with Crippen LogP contribution in [0.25, 0.3) is 0 Å². The van der Waals surface area contributed by atoms with Gasteiger partial charge in [-0.3, -0.25) is 9.69 Å². The fourth-order valence-corrected chi connectivity index (χ4v) is 3.33. The number of hydrogen-bond donors (Lipinski definition) is 0. The summed E-state index contributed by atoms with van der Waals surface area (Å²) < 4.78 is 18.9. The summed E-state index contributed by atoms with van der Waals surface area (Å²) in [7, 11) is 0. The van der Waals surface area contributed by atoms with E-state index >= 15 is 0 Å². The van der Waals surface area contributed by atoms with Gasteiger partial charge in [0, 0.05) is 31.1 Å². The van der Waals surface area contributed by atoms with E-state index in [1.165, 1.54) is 25.0 Å². The van der Waals surface area contributed by atoms with Gasteiger partial charge in [-0.15, -0.1) is 0 Å². The lowest BCUT2D eigenvalue weighted by Crippen LogP contribution is -2.49. The molecule has 108 valence electrons. The maximum atomic E-state index is 13.1. The van der Waals surface area contributed by atoms with Crippen LogP contribution in [0.1, 0.15) is 36.0 Å². The molecular formula is C16H20FNO2. The average molecular weight is 277 g/mol. The second-order valence-corrected chi connectivity index (χ2v) is 5.63. The fraction of sp³-hybridized carbons (Fsp3) is 0.562. The van der Waals surface area contributed by atoms with E-state index in [0.29, 0.717) is 24.1 Å². The Hall–Kier alpha value is -1.26. The number of rotatable bonds is 4. The molecular weight excluding hydrogens is 257 g/mol. The third-order valence-electron chi connectivity index (χ3n) is 4.37. The Morgan fingerprint density at radius 1 is 1.40 bits per heavy atom. The van der Waals surface area contributed by atoms with Gasteiger partial charge >= 0.3 is 0 Å². The topological polar surface area (TPSA) is 29.5 Å². The molecule has 1 aromatic rings. The summed E-state index contributed by atoms with van der Waals surface area (Å²) in [6.07, 6.45) is 4.32. The van der Waals surface area contributed by atoms with Crippen molar-refractivity contribution in [2.75, 3.05) is 19.7 Å². The van der Waals surface area contributed by atoms with Crippen molar-refractivity contribution in [1.29, 1.82) is 0 Å². The lowest BCUT2D eigenvalue weighted by atomic mass is 10.1. The summed E-state index contributed by atoms with van der Waals surface area (Å²) in [5.74, 6) is -0.330. The molecule has 1 heterocycles. The largest absolute Gasteiger partial charge is 0.375 e. The molecule has 1 aromatic carbocycles. The van der Waals surface area contributed by atoms with Gasteiger partial charge in [0.25, 0.3) is 0 Å². The van der Waals surface area contributed by atoms with Crippen molar-refractivity contribution in [1.82, 2.24) is 4.90 Å². The lowest BCUT2D eigenvalue weighted by Gasteiger charge is -2.37. The second kappa shape index (κ2) is 6.02. The van der Waals surface area contributed by atoms with Crippen LogP contribution in [0.4, 0.5) is 4.39 Å². The Kier molecular flexibility index (Phi) is 4.13. The van der Waals surface area contributed by atoms with Crippen LogP contribution in [0.3, 0.4) is 0 Å². The molecule has 2 atom stereocenters. The smallest absolute Gasteiger partial charge is 0.164 e. The van der Waals surface area contributed by atoms with Crippen LogP contribution >= 0.6 is 0 Å². The SMILES string of the molecule is O=C(CCN1CCOC2CCCC21)c1cccc(F)c1. The van der Waals surface area contributed by atoms with Crippen LogP contribution in [0, 0.1) is 5.82 Å². The van der Waals surface area contributed by atoms with Crippen LogP contribution in [0.15, 0.2) is 24.3 Å². The van der Waals surface area contributed by atoms with E-state index in [2.05, 4.69) is 4.90 Å². The molecule has 4 heteroatoms. The van der Waals surface area contributed by atoms with Crippen molar-refractivity contribution in [3.05, 3.63) is 35.6 Å². The van der Waals surface area contributed by atoms with Crippen molar-refractivity contribution in [2.24, 2.45) is 0 Å². The van der Waals surface area contributed by atoms with Crippen molar-refractivity contribution in [3.8, 4) is 0 Å². The number of ketones is 1. The van der Waals surface area contributed by atoms with E-state index in [9.17, 15) is 9.18 Å². The molecule has 2 unspecified atom stereocenters. The van der Waals surface area contributed by atoms with Gasteiger partial charge in [-0.2, -0.15) is 0 Å². The molecule has 2 fully saturated rings. The minimum atomic E-state index is -0.349. The molecule has 0 N–H and O–H groups in total. The van der Waals surface area contributed by atoms with E-state index in [0.717, 1.165) is 26.1 Å². The van der Waals surface area contributed by atoms with Crippen LogP contribution in [-0.2, 0) is 4.74 Å². The van der Waals surface area contributed by atoms with Gasteiger partial charge < -0.3 is 4.74 Å². The first kappa shape index (κ1) is 13.7. The molecule has 0 radical (unpaired) electrons. The zero-order valence-electron chi connectivity index (χ0n) is 11.6. The first-order valence-electron chi connectivity index (χ1n) is 7.38. The van der Waals surface area contributed by atoms with E-state index in [-0.39, 0.29) is 11.6 Å². The fourth-order valence-electron chi connectivity index (χ4n) is 3.33. The molecule has 3 nitrogen and oxygen atoms in total.